The first-order valence-corrected chi connectivity index (χ1v) is 4.10. The van der Waals surface area contributed by atoms with Gasteiger partial charge in [-0.2, -0.15) is 0 Å². The number of halogens is 1. The second-order valence-corrected chi connectivity index (χ2v) is 3.71. The summed E-state index contributed by atoms with van der Waals surface area (Å²) in [6.45, 7) is 2.38. The number of hydrogen-bond acceptors (Lipinski definition) is 1. The number of hydrogen-bond donors (Lipinski definition) is 1. The van der Waals surface area contributed by atoms with E-state index in [1.807, 2.05) is 0 Å². The molecule has 0 aromatic rings. The van der Waals surface area contributed by atoms with Crippen LogP contribution in [0.1, 0.15) is 32.6 Å². The van der Waals surface area contributed by atoms with Gasteiger partial charge in [-0.25, -0.2) is 0 Å². The van der Waals surface area contributed by atoms with Crippen molar-refractivity contribution < 1.29 is 0 Å². The summed E-state index contributed by atoms with van der Waals surface area (Å²) in [5, 5.41) is 3.62. The fourth-order valence-corrected chi connectivity index (χ4v) is 2.34. The summed E-state index contributed by atoms with van der Waals surface area (Å²) in [5.41, 5.74) is 0. The zero-order chi connectivity index (χ0) is 6.27. The van der Waals surface area contributed by atoms with Crippen LogP contribution in [0.3, 0.4) is 0 Å². The number of rotatable bonds is 0. The zero-order valence-electron chi connectivity index (χ0n) is 6.47. The van der Waals surface area contributed by atoms with Crippen LogP contribution in [-0.4, -0.2) is 12.1 Å². The second kappa shape index (κ2) is 3.10. The third-order valence-corrected chi connectivity index (χ3v) is 2.71. The first kappa shape index (κ1) is 8.35. The molecule has 0 amide bonds. The van der Waals surface area contributed by atoms with E-state index in [4.69, 9.17) is 0 Å². The third-order valence-electron chi connectivity index (χ3n) is 2.71. The Balaban J connectivity index is 0.000000500. The smallest absolute Gasteiger partial charge is 0.00727 e. The van der Waals surface area contributed by atoms with Gasteiger partial charge in [-0.15, -0.1) is 12.4 Å². The maximum atomic E-state index is 3.62. The van der Waals surface area contributed by atoms with E-state index in [1.165, 1.54) is 25.7 Å². The molecule has 0 spiro atoms. The van der Waals surface area contributed by atoms with E-state index < -0.39 is 0 Å². The highest BCUT2D eigenvalue weighted by atomic mass is 35.5. The minimum Gasteiger partial charge on any atom is -0.311 e. The van der Waals surface area contributed by atoms with E-state index in [1.54, 1.807) is 0 Å². The van der Waals surface area contributed by atoms with Crippen molar-refractivity contribution in [2.24, 2.45) is 5.92 Å². The van der Waals surface area contributed by atoms with Gasteiger partial charge in [0.1, 0.15) is 0 Å². The largest absolute Gasteiger partial charge is 0.311 e. The van der Waals surface area contributed by atoms with Crippen LogP contribution in [0.4, 0.5) is 0 Å². The summed E-state index contributed by atoms with van der Waals surface area (Å²) in [7, 11) is 0. The Labute approximate surface area is 69.0 Å². The predicted molar refractivity (Wildman–Crippen MR) is 45.6 cm³/mol. The van der Waals surface area contributed by atoms with Gasteiger partial charge in [-0.3, -0.25) is 0 Å². The van der Waals surface area contributed by atoms with Crippen LogP contribution < -0.4 is 5.32 Å². The van der Waals surface area contributed by atoms with Crippen molar-refractivity contribution in [3.05, 3.63) is 0 Å². The molecule has 2 heterocycles. The van der Waals surface area contributed by atoms with Gasteiger partial charge in [0.15, 0.2) is 0 Å². The Bertz CT molecular complexity index is 104. The Morgan fingerprint density at radius 3 is 2.10 bits per heavy atom. The van der Waals surface area contributed by atoms with Crippen LogP contribution >= 0.6 is 12.4 Å². The van der Waals surface area contributed by atoms with E-state index >= 15 is 0 Å². The molecule has 2 heteroatoms. The molecule has 2 saturated heterocycles. The lowest BCUT2D eigenvalue weighted by molar-refractivity contribution is 0.319. The number of fused-ring (bicyclic) bond motifs is 2. The van der Waals surface area contributed by atoms with Gasteiger partial charge in [0.2, 0.25) is 0 Å². The molecule has 2 aliphatic rings. The Kier molecular flexibility index (Phi) is 2.59. The fraction of sp³-hybridized carbons (Fsp3) is 1.00. The average molecular weight is 162 g/mol. The maximum Gasteiger partial charge on any atom is 0.00727 e. The lowest BCUT2D eigenvalue weighted by Crippen LogP contribution is -2.37. The van der Waals surface area contributed by atoms with Crippen LogP contribution in [-0.2, 0) is 0 Å². The lowest BCUT2D eigenvalue weighted by atomic mass is 9.95. The molecule has 0 saturated carbocycles. The molecular formula is C8H16ClN. The van der Waals surface area contributed by atoms with Gasteiger partial charge < -0.3 is 5.32 Å². The fourth-order valence-electron chi connectivity index (χ4n) is 2.34. The molecule has 3 atom stereocenters. The van der Waals surface area contributed by atoms with Crippen molar-refractivity contribution in [1.29, 1.82) is 0 Å². The molecule has 2 aliphatic heterocycles. The Morgan fingerprint density at radius 2 is 1.60 bits per heavy atom. The summed E-state index contributed by atoms with van der Waals surface area (Å²) in [6, 6.07) is 1.78. The van der Waals surface area contributed by atoms with Gasteiger partial charge in [0.05, 0.1) is 0 Å². The van der Waals surface area contributed by atoms with Crippen molar-refractivity contribution in [2.75, 3.05) is 0 Å². The maximum absolute atomic E-state index is 3.62. The third kappa shape index (κ3) is 1.46. The van der Waals surface area contributed by atoms with Crippen LogP contribution in [0, 0.1) is 5.92 Å². The van der Waals surface area contributed by atoms with Crippen molar-refractivity contribution in [3.63, 3.8) is 0 Å². The van der Waals surface area contributed by atoms with E-state index in [0.29, 0.717) is 0 Å². The second-order valence-electron chi connectivity index (χ2n) is 3.71. The van der Waals surface area contributed by atoms with Crippen LogP contribution in [0.2, 0.25) is 0 Å². The molecule has 10 heavy (non-hydrogen) atoms. The number of piperidine rings is 1. The van der Waals surface area contributed by atoms with Crippen LogP contribution in [0.25, 0.3) is 0 Å². The van der Waals surface area contributed by atoms with E-state index in [9.17, 15) is 0 Å². The summed E-state index contributed by atoms with van der Waals surface area (Å²) >= 11 is 0. The molecule has 1 N–H and O–H groups in total. The molecular weight excluding hydrogens is 146 g/mol. The summed E-state index contributed by atoms with van der Waals surface area (Å²) in [5.74, 6) is 0.990. The highest BCUT2D eigenvalue weighted by molar-refractivity contribution is 5.85. The van der Waals surface area contributed by atoms with Crippen molar-refractivity contribution >= 4 is 12.4 Å². The molecule has 0 aliphatic carbocycles. The van der Waals surface area contributed by atoms with Gasteiger partial charge in [-0.1, -0.05) is 6.92 Å². The predicted octanol–water partition coefficient (Wildman–Crippen LogP) is 1.96. The molecule has 60 valence electrons. The van der Waals surface area contributed by atoms with Crippen molar-refractivity contribution in [2.45, 2.75) is 44.7 Å². The highest BCUT2D eigenvalue weighted by Crippen LogP contribution is 2.29. The molecule has 0 aromatic carbocycles. The monoisotopic (exact) mass is 161 g/mol. The molecule has 0 aromatic heterocycles. The van der Waals surface area contributed by atoms with Gasteiger partial charge in [0.25, 0.3) is 0 Å². The SMILES string of the molecule is CC1C[C@H]2CC[C@@H](C1)N2.Cl. The van der Waals surface area contributed by atoms with Crippen LogP contribution in [0.15, 0.2) is 0 Å². The van der Waals surface area contributed by atoms with E-state index in [2.05, 4.69) is 12.2 Å². The van der Waals surface area contributed by atoms with Crippen molar-refractivity contribution in [3.8, 4) is 0 Å². The summed E-state index contributed by atoms with van der Waals surface area (Å²) < 4.78 is 0. The summed E-state index contributed by atoms with van der Waals surface area (Å²) in [6.07, 6.45) is 5.73. The quantitative estimate of drug-likeness (QED) is 0.573. The molecule has 2 rings (SSSR count). The minimum absolute atomic E-state index is 0. The average Bonchev–Trinajstić information content (AvgIpc) is 2.11. The van der Waals surface area contributed by atoms with Gasteiger partial charge in [-0.05, 0) is 31.6 Å². The molecule has 0 radical (unpaired) electrons. The molecule has 2 fully saturated rings. The standard InChI is InChI=1S/C8H15N.ClH/c1-6-4-7-2-3-8(5-6)9-7;/h6-9H,2-5H2,1H3;1H/t6?,7-,8+;. The Morgan fingerprint density at radius 1 is 1.10 bits per heavy atom. The molecule has 1 unspecified atom stereocenters. The minimum atomic E-state index is 0. The van der Waals surface area contributed by atoms with E-state index in [-0.39, 0.29) is 12.4 Å². The first-order chi connectivity index (χ1) is 4.34. The van der Waals surface area contributed by atoms with Gasteiger partial charge >= 0.3 is 0 Å². The van der Waals surface area contributed by atoms with Crippen molar-refractivity contribution in [1.82, 2.24) is 5.32 Å². The van der Waals surface area contributed by atoms with Gasteiger partial charge in [0, 0.05) is 12.1 Å². The normalized spacial score (nSPS) is 44.7. The van der Waals surface area contributed by atoms with Crippen LogP contribution in [0.5, 0.6) is 0 Å². The summed E-state index contributed by atoms with van der Waals surface area (Å²) in [4.78, 5) is 0. The molecule has 2 bridgehead atoms. The molecule has 1 nitrogen and oxygen atoms in total. The lowest BCUT2D eigenvalue weighted by Gasteiger charge is -2.25. The highest BCUT2D eigenvalue weighted by Gasteiger charge is 2.30. The number of nitrogens with one attached hydrogen (secondary N) is 1. The first-order valence-electron chi connectivity index (χ1n) is 4.10. The topological polar surface area (TPSA) is 12.0 Å². The Hall–Kier alpha value is 0.250. The zero-order valence-corrected chi connectivity index (χ0v) is 7.29. The van der Waals surface area contributed by atoms with E-state index in [0.717, 1.165) is 18.0 Å².